The number of rotatable bonds is 3. The third kappa shape index (κ3) is 8.27. The molecule has 0 fully saturated rings. The fourth-order valence-corrected chi connectivity index (χ4v) is 3.73. The molecule has 0 heterocycles. The van der Waals surface area contributed by atoms with E-state index in [0.29, 0.717) is 0 Å². The van der Waals surface area contributed by atoms with Crippen molar-refractivity contribution in [2.75, 3.05) is 0 Å². The summed E-state index contributed by atoms with van der Waals surface area (Å²) in [6.07, 6.45) is 13.8. The standard InChI is InChI=1S/C17H13.C8H8.C5H5.2ClH.Zr/c1-3-12-5-7-14-11-15-8-6-13(4-2)10-17(15)16(14)9-12;1-2-8-6-4-3-5-7-8;1-2-4-5-3-1;;;/h3-11H,1-2H2;3-7H,1H3;1-3H,4H2;2*1H;/q-1;;-1;;;+2/p-2. The first-order valence-electron chi connectivity index (χ1n) is 10.3. The van der Waals surface area contributed by atoms with Crippen molar-refractivity contribution in [3.8, 4) is 0 Å². The monoisotopic (exact) mass is 546 g/mol. The normalized spacial score (nSPS) is 10.8. The van der Waals surface area contributed by atoms with Gasteiger partial charge < -0.3 is 24.8 Å². The Balaban J connectivity index is 0.000000287. The molecule has 0 radical (unpaired) electrons. The van der Waals surface area contributed by atoms with Gasteiger partial charge in [-0.25, -0.2) is 12.2 Å². The molecule has 0 bridgehead atoms. The third-order valence-electron chi connectivity index (χ3n) is 5.02. The summed E-state index contributed by atoms with van der Waals surface area (Å²) < 4.78 is 1.46. The van der Waals surface area contributed by atoms with Crippen molar-refractivity contribution in [2.45, 2.75) is 13.3 Å². The minimum atomic E-state index is 0. The van der Waals surface area contributed by atoms with Crippen LogP contribution in [0.4, 0.5) is 0 Å². The predicted octanol–water partition coefficient (Wildman–Crippen LogP) is 2.09. The fraction of sp³-hybridized carbons (Fsp3) is 0.0667. The molecule has 0 nitrogen and oxygen atoms in total. The van der Waals surface area contributed by atoms with E-state index in [1.54, 1.807) is 0 Å². The van der Waals surface area contributed by atoms with Crippen molar-refractivity contribution in [1.29, 1.82) is 0 Å². The van der Waals surface area contributed by atoms with Gasteiger partial charge in [-0.15, -0.1) is 46.2 Å². The smallest absolute Gasteiger partial charge is 0.109 e. The Bertz CT molecular complexity index is 1190. The van der Waals surface area contributed by atoms with Gasteiger partial charge in [0.15, 0.2) is 0 Å². The Morgan fingerprint density at radius 3 is 1.76 bits per heavy atom. The predicted molar refractivity (Wildman–Crippen MR) is 135 cm³/mol. The van der Waals surface area contributed by atoms with E-state index in [1.807, 2.05) is 30.4 Å². The number of halogens is 2. The summed E-state index contributed by atoms with van der Waals surface area (Å²) in [6.45, 7) is 9.80. The molecule has 0 saturated carbocycles. The summed E-state index contributed by atoms with van der Waals surface area (Å²) in [5, 5.41) is 5.15. The molecule has 5 rings (SSSR count). The van der Waals surface area contributed by atoms with Gasteiger partial charge in [0, 0.05) is 0 Å². The van der Waals surface area contributed by atoms with Crippen molar-refractivity contribution in [3.05, 3.63) is 127 Å². The zero-order valence-corrected chi connectivity index (χ0v) is 22.7. The van der Waals surface area contributed by atoms with Crippen LogP contribution in [0.25, 0.3) is 33.7 Å². The molecule has 0 spiro atoms. The summed E-state index contributed by atoms with van der Waals surface area (Å²) in [7, 11) is 0. The van der Waals surface area contributed by atoms with Gasteiger partial charge in [0.2, 0.25) is 0 Å². The molecule has 33 heavy (non-hydrogen) atoms. The molecule has 0 N–H and O–H groups in total. The number of fused-ring (bicyclic) bond motifs is 3. The van der Waals surface area contributed by atoms with Crippen molar-refractivity contribution in [1.82, 2.24) is 0 Å². The molecule has 0 amide bonds. The maximum absolute atomic E-state index is 3.82. The van der Waals surface area contributed by atoms with Crippen LogP contribution in [0.2, 0.25) is 0 Å². The van der Waals surface area contributed by atoms with E-state index in [1.165, 1.54) is 54.5 Å². The van der Waals surface area contributed by atoms with E-state index >= 15 is 0 Å². The molecule has 0 atom stereocenters. The molecule has 1 aliphatic carbocycles. The van der Waals surface area contributed by atoms with Crippen LogP contribution in [0.15, 0.2) is 104 Å². The first-order chi connectivity index (χ1) is 15.1. The summed E-state index contributed by atoms with van der Waals surface area (Å²) in [5.74, 6) is 0. The number of benzene rings is 3. The minimum absolute atomic E-state index is 0. The Kier molecular flexibility index (Phi) is 13.0. The Morgan fingerprint density at radius 2 is 1.42 bits per heavy atom. The summed E-state index contributed by atoms with van der Waals surface area (Å²) >= 11 is 1.51. The zero-order valence-electron chi connectivity index (χ0n) is 18.7. The topological polar surface area (TPSA) is 0 Å². The molecule has 0 aromatic heterocycles. The third-order valence-corrected chi connectivity index (χ3v) is 5.73. The molecule has 0 aliphatic heterocycles. The van der Waals surface area contributed by atoms with Crippen molar-refractivity contribution < 1.29 is 49.0 Å². The first-order valence-corrected chi connectivity index (χ1v) is 11.6. The van der Waals surface area contributed by atoms with Gasteiger partial charge in [-0.05, 0) is 11.1 Å². The molecule has 0 saturated heterocycles. The molecule has 1 aliphatic rings. The minimum Gasteiger partial charge on any atom is -1.00 e. The first kappa shape index (κ1) is 28.9. The van der Waals surface area contributed by atoms with Gasteiger partial charge in [-0.3, -0.25) is 6.08 Å². The maximum atomic E-state index is 3.82. The van der Waals surface area contributed by atoms with Gasteiger partial charge in [0.25, 0.3) is 0 Å². The molecular weight excluding hydrogens is 522 g/mol. The number of hydrogen-bond acceptors (Lipinski definition) is 0. The van der Waals surface area contributed by atoms with E-state index in [2.05, 4.69) is 99.0 Å². The molecule has 3 heteroatoms. The molecular formula is C30H26Cl2Zr-2. The summed E-state index contributed by atoms with van der Waals surface area (Å²) in [4.78, 5) is 0. The van der Waals surface area contributed by atoms with E-state index in [9.17, 15) is 0 Å². The summed E-state index contributed by atoms with van der Waals surface area (Å²) in [5.41, 5.74) is 3.69. The largest absolute Gasteiger partial charge is 1.00 e. The Morgan fingerprint density at radius 1 is 0.879 bits per heavy atom. The van der Waals surface area contributed by atoms with Gasteiger partial charge >= 0.3 is 70.3 Å². The van der Waals surface area contributed by atoms with Crippen LogP contribution in [0, 0.1) is 6.08 Å². The van der Waals surface area contributed by atoms with E-state index < -0.39 is 0 Å². The molecule has 4 aromatic rings. The second-order valence-corrected chi connectivity index (χ2v) is 9.08. The van der Waals surface area contributed by atoms with Gasteiger partial charge in [0.1, 0.15) is 0 Å². The maximum Gasteiger partial charge on any atom is -0.109 e. The fourth-order valence-electron chi connectivity index (χ4n) is 3.32. The van der Waals surface area contributed by atoms with Crippen LogP contribution in [0.3, 0.4) is 0 Å². The van der Waals surface area contributed by atoms with Crippen molar-refractivity contribution in [3.63, 3.8) is 0 Å². The Hall–Kier alpha value is -2.18. The van der Waals surface area contributed by atoms with E-state index in [-0.39, 0.29) is 24.8 Å². The summed E-state index contributed by atoms with van der Waals surface area (Å²) in [6, 6.07) is 25.6. The zero-order chi connectivity index (χ0) is 22.1. The molecule has 4 aromatic carbocycles. The average molecular weight is 549 g/mol. The van der Waals surface area contributed by atoms with Gasteiger partial charge in [-0.1, -0.05) is 49.6 Å². The average Bonchev–Trinajstić information content (AvgIpc) is 3.51. The van der Waals surface area contributed by atoms with Crippen LogP contribution in [-0.2, 0) is 24.2 Å². The van der Waals surface area contributed by atoms with Crippen LogP contribution in [0.5, 0.6) is 0 Å². The molecule has 0 unspecified atom stereocenters. The van der Waals surface area contributed by atoms with Crippen molar-refractivity contribution in [2.24, 2.45) is 0 Å². The van der Waals surface area contributed by atoms with E-state index in [4.69, 9.17) is 0 Å². The SMILES string of the molecule is C=Cc1ccc2[cH-]c3ccc(C=C)cc3c2c1.C[C](=[Zr+2])c1ccccc1.[C-]1=CC=CC1.[Cl-].[Cl-]. The Labute approximate surface area is 224 Å². The van der Waals surface area contributed by atoms with E-state index in [0.717, 1.165) is 17.5 Å². The van der Waals surface area contributed by atoms with Crippen LogP contribution >= 0.6 is 0 Å². The second kappa shape index (κ2) is 14.9. The van der Waals surface area contributed by atoms with Gasteiger partial charge in [0.05, 0.1) is 0 Å². The van der Waals surface area contributed by atoms with Crippen molar-refractivity contribution >= 4 is 36.9 Å². The van der Waals surface area contributed by atoms with Crippen LogP contribution < -0.4 is 24.8 Å². The van der Waals surface area contributed by atoms with Crippen LogP contribution in [0.1, 0.15) is 30.0 Å². The molecule has 166 valence electrons. The van der Waals surface area contributed by atoms with Crippen LogP contribution in [-0.4, -0.2) is 3.21 Å². The number of hydrogen-bond donors (Lipinski definition) is 0. The quantitative estimate of drug-likeness (QED) is 0.344. The number of allylic oxidation sites excluding steroid dienone is 4. The van der Waals surface area contributed by atoms with Gasteiger partial charge in [-0.2, -0.15) is 6.08 Å². The second-order valence-electron chi connectivity index (χ2n) is 7.24.